The second-order valence-electron chi connectivity index (χ2n) is 4.12. The van der Waals surface area contributed by atoms with Gasteiger partial charge in [0.15, 0.2) is 0 Å². The third kappa shape index (κ3) is 4.08. The molecule has 0 aromatic rings. The molecule has 0 N–H and O–H groups in total. The molecule has 1 atom stereocenters. The second kappa shape index (κ2) is 4.38. The molecule has 17 heavy (non-hydrogen) atoms. The summed E-state index contributed by atoms with van der Waals surface area (Å²) in [6.07, 6.45) is -8.99. The van der Waals surface area contributed by atoms with Crippen molar-refractivity contribution in [2.75, 3.05) is 6.54 Å². The molecule has 0 aromatic heterocycles. The smallest absolute Gasteiger partial charge is 0.323 e. The fourth-order valence-corrected chi connectivity index (χ4v) is 1.59. The summed E-state index contributed by atoms with van der Waals surface area (Å²) < 4.78 is 72.9. The average molecular weight is 263 g/mol. The van der Waals surface area contributed by atoms with Gasteiger partial charge in [-0.15, -0.1) is 0 Å². The summed E-state index contributed by atoms with van der Waals surface area (Å²) >= 11 is 0. The average Bonchev–Trinajstić information content (AvgIpc) is 2.91. The molecular weight excluding hydrogens is 252 g/mol. The van der Waals surface area contributed by atoms with Crippen molar-refractivity contribution in [1.82, 2.24) is 4.90 Å². The number of rotatable bonds is 3. The van der Waals surface area contributed by atoms with Crippen molar-refractivity contribution in [3.63, 3.8) is 0 Å². The van der Waals surface area contributed by atoms with E-state index in [1.807, 2.05) is 0 Å². The SMILES string of the molecule is CC(C1CC1)N(CC(F)(F)F)C(=O)C(F)(F)F. The summed E-state index contributed by atoms with van der Waals surface area (Å²) in [5.41, 5.74) is 0. The first kappa shape index (κ1) is 14.1. The molecule has 1 unspecified atom stereocenters. The van der Waals surface area contributed by atoms with E-state index in [9.17, 15) is 31.1 Å². The molecule has 0 aromatic carbocycles. The predicted octanol–water partition coefficient (Wildman–Crippen LogP) is 2.74. The summed E-state index contributed by atoms with van der Waals surface area (Å²) in [6.45, 7) is -0.643. The van der Waals surface area contributed by atoms with Crippen molar-refractivity contribution in [2.45, 2.75) is 38.2 Å². The first-order valence-electron chi connectivity index (χ1n) is 4.97. The molecule has 0 saturated heterocycles. The number of halogens is 6. The van der Waals surface area contributed by atoms with Crippen molar-refractivity contribution in [3.05, 3.63) is 0 Å². The van der Waals surface area contributed by atoms with Crippen LogP contribution in [0.3, 0.4) is 0 Å². The lowest BCUT2D eigenvalue weighted by Gasteiger charge is -2.30. The van der Waals surface area contributed by atoms with E-state index in [1.54, 1.807) is 0 Å². The topological polar surface area (TPSA) is 20.3 Å². The van der Waals surface area contributed by atoms with Gasteiger partial charge in [0.25, 0.3) is 0 Å². The minimum atomic E-state index is -5.27. The Labute approximate surface area is 93.6 Å². The van der Waals surface area contributed by atoms with Gasteiger partial charge in [-0.3, -0.25) is 4.79 Å². The van der Waals surface area contributed by atoms with Crippen LogP contribution < -0.4 is 0 Å². The number of hydrogen-bond acceptors (Lipinski definition) is 1. The fraction of sp³-hybridized carbons (Fsp3) is 0.889. The van der Waals surface area contributed by atoms with E-state index < -0.39 is 30.8 Å². The number of carbonyl (C=O) groups is 1. The van der Waals surface area contributed by atoms with E-state index in [2.05, 4.69) is 0 Å². The van der Waals surface area contributed by atoms with Crippen LogP contribution in [0.5, 0.6) is 0 Å². The zero-order chi connectivity index (χ0) is 13.4. The van der Waals surface area contributed by atoms with Crippen LogP contribution >= 0.6 is 0 Å². The molecule has 1 rings (SSSR count). The molecule has 1 fully saturated rings. The molecule has 2 nitrogen and oxygen atoms in total. The summed E-state index contributed by atoms with van der Waals surface area (Å²) in [6, 6.07) is -1.04. The molecule has 1 saturated carbocycles. The van der Waals surface area contributed by atoms with E-state index >= 15 is 0 Å². The highest BCUT2D eigenvalue weighted by molar-refractivity contribution is 5.82. The van der Waals surface area contributed by atoms with Gasteiger partial charge in [-0.05, 0) is 25.7 Å². The summed E-state index contributed by atoms with van der Waals surface area (Å²) in [5, 5.41) is 0. The molecule has 100 valence electrons. The largest absolute Gasteiger partial charge is 0.471 e. The van der Waals surface area contributed by atoms with Gasteiger partial charge in [-0.25, -0.2) is 0 Å². The van der Waals surface area contributed by atoms with E-state index in [0.717, 1.165) is 0 Å². The van der Waals surface area contributed by atoms with Crippen molar-refractivity contribution >= 4 is 5.91 Å². The number of carbonyl (C=O) groups excluding carboxylic acids is 1. The highest BCUT2D eigenvalue weighted by Gasteiger charge is 2.49. The Morgan fingerprint density at radius 2 is 1.71 bits per heavy atom. The van der Waals surface area contributed by atoms with Crippen molar-refractivity contribution < 1.29 is 31.1 Å². The first-order chi connectivity index (χ1) is 7.52. The third-order valence-corrected chi connectivity index (χ3v) is 2.65. The molecule has 8 heteroatoms. The molecular formula is C9H11F6NO. The maximum absolute atomic E-state index is 12.2. The van der Waals surface area contributed by atoms with Gasteiger partial charge in [0.2, 0.25) is 0 Å². The third-order valence-electron chi connectivity index (χ3n) is 2.65. The summed E-state index contributed by atoms with van der Waals surface area (Å²) in [5.74, 6) is -2.68. The van der Waals surface area contributed by atoms with Crippen LogP contribution in [-0.4, -0.2) is 35.7 Å². The van der Waals surface area contributed by atoms with Gasteiger partial charge in [0, 0.05) is 6.04 Å². The van der Waals surface area contributed by atoms with Gasteiger partial charge in [0.1, 0.15) is 6.54 Å². The number of nitrogens with zero attached hydrogens (tertiary/aromatic N) is 1. The van der Waals surface area contributed by atoms with E-state index in [-0.39, 0.29) is 10.8 Å². The summed E-state index contributed by atoms with van der Waals surface area (Å²) in [4.78, 5) is 10.8. The Morgan fingerprint density at radius 3 is 2.00 bits per heavy atom. The molecule has 1 aliphatic carbocycles. The maximum atomic E-state index is 12.2. The monoisotopic (exact) mass is 263 g/mol. The van der Waals surface area contributed by atoms with Crippen LogP contribution in [0.15, 0.2) is 0 Å². The van der Waals surface area contributed by atoms with Crippen LogP contribution in [0.25, 0.3) is 0 Å². The van der Waals surface area contributed by atoms with Gasteiger partial charge >= 0.3 is 18.3 Å². The first-order valence-corrected chi connectivity index (χ1v) is 4.97. The Hall–Kier alpha value is -0.950. The Bertz CT molecular complexity index is 293. The van der Waals surface area contributed by atoms with Crippen LogP contribution in [0, 0.1) is 5.92 Å². The normalized spacial score (nSPS) is 19.0. The fourth-order valence-electron chi connectivity index (χ4n) is 1.59. The highest BCUT2D eigenvalue weighted by atomic mass is 19.4. The predicted molar refractivity (Wildman–Crippen MR) is 46.0 cm³/mol. The molecule has 0 radical (unpaired) electrons. The minimum Gasteiger partial charge on any atom is -0.323 e. The van der Waals surface area contributed by atoms with Crippen LogP contribution in [0.1, 0.15) is 19.8 Å². The minimum absolute atomic E-state index is 0.127. The van der Waals surface area contributed by atoms with Gasteiger partial charge < -0.3 is 4.90 Å². The highest BCUT2D eigenvalue weighted by Crippen LogP contribution is 2.37. The lowest BCUT2D eigenvalue weighted by atomic mass is 10.1. The van der Waals surface area contributed by atoms with E-state index in [0.29, 0.717) is 12.8 Å². The Balaban J connectivity index is 2.81. The molecule has 0 bridgehead atoms. The van der Waals surface area contributed by atoms with Crippen molar-refractivity contribution in [2.24, 2.45) is 5.92 Å². The van der Waals surface area contributed by atoms with E-state index in [1.165, 1.54) is 6.92 Å². The lowest BCUT2D eigenvalue weighted by Crippen LogP contribution is -2.50. The quantitative estimate of drug-likeness (QED) is 0.717. The number of hydrogen-bond donors (Lipinski definition) is 0. The van der Waals surface area contributed by atoms with Gasteiger partial charge in [0.05, 0.1) is 0 Å². The maximum Gasteiger partial charge on any atom is 0.471 e. The Morgan fingerprint density at radius 1 is 1.24 bits per heavy atom. The number of amides is 1. The Kier molecular flexibility index (Phi) is 3.63. The second-order valence-corrected chi connectivity index (χ2v) is 4.12. The summed E-state index contributed by atoms with van der Waals surface area (Å²) in [7, 11) is 0. The zero-order valence-corrected chi connectivity index (χ0v) is 8.90. The van der Waals surface area contributed by atoms with Crippen LogP contribution in [-0.2, 0) is 4.79 Å². The standard InChI is InChI=1S/C9H11F6NO/c1-5(6-2-3-6)16(4-8(10,11)12)7(17)9(13,14)15/h5-6H,2-4H2,1H3. The van der Waals surface area contributed by atoms with E-state index in [4.69, 9.17) is 0 Å². The van der Waals surface area contributed by atoms with Crippen LogP contribution in [0.4, 0.5) is 26.3 Å². The van der Waals surface area contributed by atoms with Crippen molar-refractivity contribution in [1.29, 1.82) is 0 Å². The van der Waals surface area contributed by atoms with Gasteiger partial charge in [-0.2, -0.15) is 26.3 Å². The molecule has 1 aliphatic rings. The molecule has 0 spiro atoms. The molecule has 0 heterocycles. The number of alkyl halides is 6. The van der Waals surface area contributed by atoms with Gasteiger partial charge in [-0.1, -0.05) is 0 Å². The molecule has 0 aliphatic heterocycles. The lowest BCUT2D eigenvalue weighted by molar-refractivity contribution is -0.202. The van der Waals surface area contributed by atoms with Crippen LogP contribution in [0.2, 0.25) is 0 Å². The van der Waals surface area contributed by atoms with Crippen molar-refractivity contribution in [3.8, 4) is 0 Å². The zero-order valence-electron chi connectivity index (χ0n) is 8.90. The molecule has 1 amide bonds.